The SMILES string of the molecule is C[C@H](N)C(=O)N[C@@H](C)C(=O)N[C@@H](Cc1c[nH]c2ccccc12)C(=O)N[C@@H](C)C=O. The van der Waals surface area contributed by atoms with Gasteiger partial charge in [-0.2, -0.15) is 0 Å². The Morgan fingerprint density at radius 1 is 1.03 bits per heavy atom. The molecule has 9 heteroatoms. The number of rotatable bonds is 9. The minimum Gasteiger partial charge on any atom is -0.361 e. The molecule has 0 aliphatic heterocycles. The molecule has 0 aliphatic carbocycles. The number of H-pyrrole nitrogens is 1. The number of carbonyl (C=O) groups is 4. The van der Waals surface area contributed by atoms with Crippen LogP contribution in [0.4, 0.5) is 0 Å². The number of hydrogen-bond donors (Lipinski definition) is 5. The Morgan fingerprint density at radius 2 is 1.72 bits per heavy atom. The maximum Gasteiger partial charge on any atom is 0.243 e. The van der Waals surface area contributed by atoms with Gasteiger partial charge >= 0.3 is 0 Å². The number of carbonyl (C=O) groups excluding carboxylic acids is 4. The maximum absolute atomic E-state index is 12.7. The molecule has 4 atom stereocenters. The highest BCUT2D eigenvalue weighted by molar-refractivity contribution is 5.94. The number of aromatic nitrogens is 1. The predicted octanol–water partition coefficient (Wildman–Crippen LogP) is -0.249. The number of aldehydes is 1. The third kappa shape index (κ3) is 5.89. The topological polar surface area (TPSA) is 146 Å². The van der Waals surface area contributed by atoms with Crippen LogP contribution in [-0.2, 0) is 25.6 Å². The van der Waals surface area contributed by atoms with E-state index in [0.717, 1.165) is 16.5 Å². The first-order valence-electron chi connectivity index (χ1n) is 9.40. The molecule has 0 fully saturated rings. The number of fused-ring (bicyclic) bond motifs is 1. The van der Waals surface area contributed by atoms with E-state index in [-0.39, 0.29) is 6.42 Å². The molecule has 29 heavy (non-hydrogen) atoms. The normalized spacial score (nSPS) is 15.0. The lowest BCUT2D eigenvalue weighted by Gasteiger charge is -2.22. The quantitative estimate of drug-likeness (QED) is 0.368. The molecular formula is C20H27N5O4. The molecule has 1 aromatic heterocycles. The molecule has 9 nitrogen and oxygen atoms in total. The van der Waals surface area contributed by atoms with Crippen LogP contribution < -0.4 is 21.7 Å². The summed E-state index contributed by atoms with van der Waals surface area (Å²) in [6, 6.07) is 4.33. The Morgan fingerprint density at radius 3 is 2.38 bits per heavy atom. The number of amides is 3. The lowest BCUT2D eigenvalue weighted by Crippen LogP contribution is -2.55. The molecule has 1 aromatic carbocycles. The van der Waals surface area contributed by atoms with Crippen molar-refractivity contribution in [2.75, 3.05) is 0 Å². The number of hydrogen-bond acceptors (Lipinski definition) is 5. The number of nitrogens with two attached hydrogens (primary N) is 1. The fourth-order valence-electron chi connectivity index (χ4n) is 2.80. The molecule has 0 saturated carbocycles. The number of benzene rings is 1. The molecule has 1 heterocycles. The minimum absolute atomic E-state index is 0.209. The summed E-state index contributed by atoms with van der Waals surface area (Å²) in [6.45, 7) is 4.55. The Labute approximate surface area is 168 Å². The van der Waals surface area contributed by atoms with Gasteiger partial charge in [-0.1, -0.05) is 18.2 Å². The molecule has 156 valence electrons. The number of para-hydroxylation sites is 1. The van der Waals surface area contributed by atoms with Crippen LogP contribution in [0.5, 0.6) is 0 Å². The molecule has 0 radical (unpaired) electrons. The van der Waals surface area contributed by atoms with Crippen LogP contribution in [0.3, 0.4) is 0 Å². The second kappa shape index (κ2) is 9.83. The molecule has 0 bridgehead atoms. The van der Waals surface area contributed by atoms with Crippen LogP contribution in [0.15, 0.2) is 30.5 Å². The zero-order chi connectivity index (χ0) is 21.6. The molecule has 0 unspecified atom stereocenters. The lowest BCUT2D eigenvalue weighted by atomic mass is 10.0. The van der Waals surface area contributed by atoms with E-state index in [1.165, 1.54) is 13.8 Å². The highest BCUT2D eigenvalue weighted by atomic mass is 16.2. The summed E-state index contributed by atoms with van der Waals surface area (Å²) >= 11 is 0. The second-order valence-electron chi connectivity index (χ2n) is 7.08. The summed E-state index contributed by atoms with van der Waals surface area (Å²) in [4.78, 5) is 51.0. The van der Waals surface area contributed by atoms with E-state index in [9.17, 15) is 19.2 Å². The molecule has 3 amide bonds. The van der Waals surface area contributed by atoms with Gasteiger partial charge in [0.2, 0.25) is 17.7 Å². The summed E-state index contributed by atoms with van der Waals surface area (Å²) in [5.74, 6) is -1.49. The van der Waals surface area contributed by atoms with Gasteiger partial charge in [0.15, 0.2) is 0 Å². The van der Waals surface area contributed by atoms with Crippen LogP contribution in [-0.4, -0.2) is 53.2 Å². The first-order valence-corrected chi connectivity index (χ1v) is 9.40. The van der Waals surface area contributed by atoms with Crippen molar-refractivity contribution in [1.29, 1.82) is 0 Å². The summed E-state index contributed by atoms with van der Waals surface area (Å²) in [5.41, 5.74) is 7.25. The van der Waals surface area contributed by atoms with Crippen LogP contribution in [0, 0.1) is 0 Å². The highest BCUT2D eigenvalue weighted by Crippen LogP contribution is 2.19. The number of nitrogens with one attached hydrogen (secondary N) is 4. The van der Waals surface area contributed by atoms with Gasteiger partial charge in [0, 0.05) is 23.5 Å². The van der Waals surface area contributed by atoms with Crippen molar-refractivity contribution in [2.45, 2.75) is 51.4 Å². The monoisotopic (exact) mass is 401 g/mol. The molecule has 0 saturated heterocycles. The van der Waals surface area contributed by atoms with Crippen LogP contribution in [0.1, 0.15) is 26.3 Å². The van der Waals surface area contributed by atoms with Crippen molar-refractivity contribution < 1.29 is 19.2 Å². The van der Waals surface area contributed by atoms with E-state index in [1.807, 2.05) is 24.3 Å². The Hall–Kier alpha value is -3.20. The average Bonchev–Trinajstić information content (AvgIpc) is 3.09. The fourth-order valence-corrected chi connectivity index (χ4v) is 2.80. The summed E-state index contributed by atoms with van der Waals surface area (Å²) in [5, 5.41) is 8.64. The van der Waals surface area contributed by atoms with Gasteiger partial charge in [-0.25, -0.2) is 0 Å². The lowest BCUT2D eigenvalue weighted by molar-refractivity contribution is -0.132. The summed E-state index contributed by atoms with van der Waals surface area (Å²) in [6.07, 6.45) is 2.59. The van der Waals surface area contributed by atoms with Crippen LogP contribution in [0.25, 0.3) is 10.9 Å². The fraction of sp³-hybridized carbons (Fsp3) is 0.400. The summed E-state index contributed by atoms with van der Waals surface area (Å²) in [7, 11) is 0. The van der Waals surface area contributed by atoms with Gasteiger partial charge in [0.25, 0.3) is 0 Å². The standard InChI is InChI=1S/C20H27N5O4/c1-11(10-26)23-20(29)17(25-19(28)13(3)24-18(27)12(2)21)8-14-9-22-16-7-5-4-6-15(14)16/h4-7,9-13,17,22H,8,21H2,1-3H3,(H,23,29)(H,24,27)(H,25,28)/t11-,12-,13-,17-/m0/s1. The zero-order valence-electron chi connectivity index (χ0n) is 16.7. The Bertz CT molecular complexity index is 892. The molecule has 0 aliphatic rings. The van der Waals surface area contributed by atoms with E-state index in [2.05, 4.69) is 20.9 Å². The third-order valence-corrected chi connectivity index (χ3v) is 4.47. The number of aromatic amines is 1. The van der Waals surface area contributed by atoms with E-state index in [4.69, 9.17) is 5.73 Å². The molecule has 2 rings (SSSR count). The second-order valence-corrected chi connectivity index (χ2v) is 7.08. The predicted molar refractivity (Wildman–Crippen MR) is 109 cm³/mol. The zero-order valence-corrected chi connectivity index (χ0v) is 16.7. The molecule has 6 N–H and O–H groups in total. The van der Waals surface area contributed by atoms with Crippen molar-refractivity contribution in [1.82, 2.24) is 20.9 Å². The van der Waals surface area contributed by atoms with Crippen molar-refractivity contribution in [2.24, 2.45) is 5.73 Å². The van der Waals surface area contributed by atoms with Crippen molar-refractivity contribution in [3.63, 3.8) is 0 Å². The van der Waals surface area contributed by atoms with Gasteiger partial charge in [0.1, 0.15) is 18.4 Å². The molecular weight excluding hydrogens is 374 g/mol. The van der Waals surface area contributed by atoms with Gasteiger partial charge in [-0.3, -0.25) is 14.4 Å². The average molecular weight is 401 g/mol. The highest BCUT2D eigenvalue weighted by Gasteiger charge is 2.26. The first kappa shape index (κ1) is 22.1. The molecule has 2 aromatic rings. The minimum atomic E-state index is -0.932. The van der Waals surface area contributed by atoms with Crippen molar-refractivity contribution >= 4 is 34.9 Å². The van der Waals surface area contributed by atoms with E-state index < -0.39 is 41.9 Å². The van der Waals surface area contributed by atoms with E-state index >= 15 is 0 Å². The Balaban J connectivity index is 2.18. The first-order chi connectivity index (χ1) is 13.7. The third-order valence-electron chi connectivity index (χ3n) is 4.47. The molecule has 0 spiro atoms. The van der Waals surface area contributed by atoms with Gasteiger partial charge in [0.05, 0.1) is 12.1 Å². The summed E-state index contributed by atoms with van der Waals surface area (Å²) < 4.78 is 0. The van der Waals surface area contributed by atoms with Crippen LogP contribution in [0.2, 0.25) is 0 Å². The van der Waals surface area contributed by atoms with Crippen molar-refractivity contribution in [3.8, 4) is 0 Å². The smallest absolute Gasteiger partial charge is 0.243 e. The van der Waals surface area contributed by atoms with Gasteiger partial charge in [-0.15, -0.1) is 0 Å². The maximum atomic E-state index is 12.7. The van der Waals surface area contributed by atoms with E-state index in [1.54, 1.807) is 13.1 Å². The van der Waals surface area contributed by atoms with Crippen molar-refractivity contribution in [3.05, 3.63) is 36.0 Å². The largest absolute Gasteiger partial charge is 0.361 e. The van der Waals surface area contributed by atoms with Crippen LogP contribution >= 0.6 is 0 Å². The van der Waals surface area contributed by atoms with Gasteiger partial charge < -0.3 is 31.5 Å². The van der Waals surface area contributed by atoms with E-state index in [0.29, 0.717) is 6.29 Å². The van der Waals surface area contributed by atoms with Gasteiger partial charge in [-0.05, 0) is 32.4 Å². The Kier molecular flexibility index (Phi) is 7.49.